The first-order chi connectivity index (χ1) is 11.3. The van der Waals surface area contributed by atoms with Crippen LogP contribution in [0.15, 0.2) is 36.8 Å². The van der Waals surface area contributed by atoms with Gasteiger partial charge in [0.2, 0.25) is 0 Å². The van der Waals surface area contributed by atoms with E-state index in [9.17, 15) is 4.79 Å². The molecule has 0 saturated carbocycles. The number of hydrogen-bond donors (Lipinski definition) is 2. The third kappa shape index (κ3) is 2.57. The van der Waals surface area contributed by atoms with Gasteiger partial charge >= 0.3 is 0 Å². The van der Waals surface area contributed by atoms with Gasteiger partial charge in [0.05, 0.1) is 12.2 Å². The van der Waals surface area contributed by atoms with E-state index >= 15 is 0 Å². The van der Waals surface area contributed by atoms with Crippen molar-refractivity contribution in [2.24, 2.45) is 0 Å². The lowest BCUT2D eigenvalue weighted by Gasteiger charge is -2.24. The Morgan fingerprint density at radius 2 is 2.09 bits per heavy atom. The second-order valence-corrected chi connectivity index (χ2v) is 5.53. The lowest BCUT2D eigenvalue weighted by Crippen LogP contribution is -2.31. The molecule has 0 spiro atoms. The van der Waals surface area contributed by atoms with Crippen LogP contribution in [0.4, 0.5) is 5.82 Å². The normalized spacial score (nSPS) is 15.8. The summed E-state index contributed by atoms with van der Waals surface area (Å²) in [5, 5.41) is 14.7. The molecule has 2 N–H and O–H groups in total. The molecule has 0 atom stereocenters. The predicted octanol–water partition coefficient (Wildman–Crippen LogP) is 1.10. The summed E-state index contributed by atoms with van der Waals surface area (Å²) in [6.45, 7) is 1.89. The van der Waals surface area contributed by atoms with Crippen molar-refractivity contribution < 1.29 is 4.79 Å². The molecule has 1 fully saturated rings. The molecule has 0 unspecified atom stereocenters. The zero-order valence-electron chi connectivity index (χ0n) is 12.5. The molecule has 1 saturated heterocycles. The topological polar surface area (TPSA) is 89.1 Å². The van der Waals surface area contributed by atoms with Crippen molar-refractivity contribution in [1.29, 1.82) is 0 Å². The minimum Gasteiger partial charge on any atom is -0.317 e. The third-order valence-electron chi connectivity index (χ3n) is 4.08. The Morgan fingerprint density at radius 1 is 1.22 bits per heavy atom. The number of hydrogen-bond acceptors (Lipinski definition) is 5. The van der Waals surface area contributed by atoms with Crippen LogP contribution < -0.4 is 10.6 Å². The van der Waals surface area contributed by atoms with Crippen LogP contribution in [0.2, 0.25) is 0 Å². The first-order valence-corrected chi connectivity index (χ1v) is 7.67. The van der Waals surface area contributed by atoms with E-state index < -0.39 is 0 Å². The Balaban J connectivity index is 1.59. The molecule has 118 valence electrons. The van der Waals surface area contributed by atoms with Gasteiger partial charge in [0, 0.05) is 12.4 Å². The van der Waals surface area contributed by atoms with Crippen molar-refractivity contribution in [1.82, 2.24) is 29.7 Å². The van der Waals surface area contributed by atoms with Crippen molar-refractivity contribution in [3.05, 3.63) is 42.5 Å². The standard InChI is InChI=1S/C15H17N7O/c23-15(20-14-10-17-13-2-1-6-18-22(13)14)12-5-9-19-21(12)11-3-7-16-8-4-11/h1-2,5-6,9-11,16H,3-4,7-8H2,(H,20,23). The van der Waals surface area contributed by atoms with Gasteiger partial charge in [-0.25, -0.2) is 4.98 Å². The highest BCUT2D eigenvalue weighted by Crippen LogP contribution is 2.20. The van der Waals surface area contributed by atoms with Crippen molar-refractivity contribution in [2.45, 2.75) is 18.9 Å². The number of amides is 1. The summed E-state index contributed by atoms with van der Waals surface area (Å²) < 4.78 is 3.43. The van der Waals surface area contributed by atoms with Gasteiger partial charge < -0.3 is 10.6 Å². The quantitative estimate of drug-likeness (QED) is 0.756. The maximum Gasteiger partial charge on any atom is 0.275 e. The van der Waals surface area contributed by atoms with E-state index in [1.165, 1.54) is 0 Å². The van der Waals surface area contributed by atoms with E-state index in [1.807, 2.05) is 10.7 Å². The smallest absolute Gasteiger partial charge is 0.275 e. The molecule has 0 bridgehead atoms. The van der Waals surface area contributed by atoms with Crippen LogP contribution >= 0.6 is 0 Å². The summed E-state index contributed by atoms with van der Waals surface area (Å²) in [6, 6.07) is 5.64. The summed E-state index contributed by atoms with van der Waals surface area (Å²) >= 11 is 0. The molecule has 0 aromatic carbocycles. The van der Waals surface area contributed by atoms with E-state index in [-0.39, 0.29) is 11.9 Å². The van der Waals surface area contributed by atoms with Crippen molar-refractivity contribution >= 4 is 17.4 Å². The summed E-state index contributed by atoms with van der Waals surface area (Å²) in [5.41, 5.74) is 1.25. The second-order valence-electron chi connectivity index (χ2n) is 5.53. The average Bonchev–Trinajstić information content (AvgIpc) is 3.23. The highest BCUT2D eigenvalue weighted by Gasteiger charge is 2.22. The van der Waals surface area contributed by atoms with Gasteiger partial charge in [-0.2, -0.15) is 14.7 Å². The Morgan fingerprint density at radius 3 is 2.96 bits per heavy atom. The van der Waals surface area contributed by atoms with Crippen molar-refractivity contribution in [2.75, 3.05) is 18.4 Å². The number of carbonyl (C=O) groups is 1. The third-order valence-corrected chi connectivity index (χ3v) is 4.08. The number of nitrogens with one attached hydrogen (secondary N) is 2. The van der Waals surface area contributed by atoms with Crippen LogP contribution in [0, 0.1) is 0 Å². The van der Waals surface area contributed by atoms with Gasteiger partial charge in [-0.3, -0.25) is 9.48 Å². The summed E-state index contributed by atoms with van der Waals surface area (Å²) in [4.78, 5) is 16.8. The number of piperidine rings is 1. The molecular weight excluding hydrogens is 294 g/mol. The van der Waals surface area contributed by atoms with Crippen LogP contribution in [-0.4, -0.2) is 43.4 Å². The monoisotopic (exact) mass is 311 g/mol. The van der Waals surface area contributed by atoms with Gasteiger partial charge in [0.15, 0.2) is 11.5 Å². The van der Waals surface area contributed by atoms with E-state index in [2.05, 4.69) is 25.8 Å². The van der Waals surface area contributed by atoms with Crippen molar-refractivity contribution in [3.8, 4) is 0 Å². The molecule has 23 heavy (non-hydrogen) atoms. The fraction of sp³-hybridized carbons (Fsp3) is 0.333. The van der Waals surface area contributed by atoms with Crippen LogP contribution in [-0.2, 0) is 0 Å². The molecule has 3 aromatic heterocycles. The lowest BCUT2D eigenvalue weighted by molar-refractivity contribution is 0.101. The summed E-state index contributed by atoms with van der Waals surface area (Å²) in [7, 11) is 0. The maximum absolute atomic E-state index is 12.6. The van der Waals surface area contributed by atoms with Gasteiger partial charge in [-0.05, 0) is 44.1 Å². The highest BCUT2D eigenvalue weighted by atomic mass is 16.2. The Bertz CT molecular complexity index is 831. The molecule has 1 aliphatic rings. The fourth-order valence-corrected chi connectivity index (χ4v) is 2.93. The van der Waals surface area contributed by atoms with Crippen LogP contribution in [0.5, 0.6) is 0 Å². The summed E-state index contributed by atoms with van der Waals surface area (Å²) in [6.07, 6.45) is 6.87. The number of carbonyl (C=O) groups excluding carboxylic acids is 1. The zero-order chi connectivity index (χ0) is 15.6. The van der Waals surface area contributed by atoms with Gasteiger partial charge in [-0.1, -0.05) is 0 Å². The Kier molecular flexibility index (Phi) is 3.51. The van der Waals surface area contributed by atoms with Gasteiger partial charge in [-0.15, -0.1) is 0 Å². The largest absolute Gasteiger partial charge is 0.317 e. The molecule has 8 nitrogen and oxygen atoms in total. The van der Waals surface area contributed by atoms with E-state index in [1.54, 1.807) is 35.2 Å². The maximum atomic E-state index is 12.6. The van der Waals surface area contributed by atoms with Gasteiger partial charge in [0.25, 0.3) is 5.91 Å². The molecule has 1 amide bonds. The van der Waals surface area contributed by atoms with Gasteiger partial charge in [0.1, 0.15) is 5.69 Å². The molecular formula is C15H17N7O. The Labute approximate surface area is 132 Å². The number of fused-ring (bicyclic) bond motifs is 1. The number of anilines is 1. The van der Waals surface area contributed by atoms with Crippen LogP contribution in [0.3, 0.4) is 0 Å². The minimum atomic E-state index is -0.200. The zero-order valence-corrected chi connectivity index (χ0v) is 12.5. The van der Waals surface area contributed by atoms with E-state index in [4.69, 9.17) is 0 Å². The second kappa shape index (κ2) is 5.81. The number of aromatic nitrogens is 5. The molecule has 4 rings (SSSR count). The summed E-state index contributed by atoms with van der Waals surface area (Å²) in [5.74, 6) is 0.345. The SMILES string of the molecule is O=C(Nc1cnc2cccnn12)c1ccnn1C1CCNCC1. The van der Waals surface area contributed by atoms with E-state index in [0.717, 1.165) is 25.9 Å². The number of nitrogens with zero attached hydrogens (tertiary/aromatic N) is 5. The first kappa shape index (κ1) is 13.9. The van der Waals surface area contributed by atoms with Crippen LogP contribution in [0.25, 0.3) is 5.65 Å². The predicted molar refractivity (Wildman–Crippen MR) is 84.3 cm³/mol. The molecule has 8 heteroatoms. The highest BCUT2D eigenvalue weighted by molar-refractivity contribution is 6.02. The fourth-order valence-electron chi connectivity index (χ4n) is 2.93. The minimum absolute atomic E-state index is 0.200. The first-order valence-electron chi connectivity index (χ1n) is 7.67. The molecule has 4 heterocycles. The molecule has 0 radical (unpaired) electrons. The molecule has 1 aliphatic heterocycles. The van der Waals surface area contributed by atoms with Crippen molar-refractivity contribution in [3.63, 3.8) is 0 Å². The number of imidazole rings is 1. The lowest BCUT2D eigenvalue weighted by atomic mass is 10.1. The molecule has 3 aromatic rings. The Hall–Kier alpha value is -2.74. The molecule has 0 aliphatic carbocycles. The van der Waals surface area contributed by atoms with E-state index in [0.29, 0.717) is 17.2 Å². The average molecular weight is 311 g/mol. The van der Waals surface area contributed by atoms with Crippen LogP contribution in [0.1, 0.15) is 29.4 Å². The number of rotatable bonds is 3.